The molecule has 0 saturated carbocycles. The number of carbonyl (C=O) groups is 2. The van der Waals surface area contributed by atoms with Gasteiger partial charge in [-0.25, -0.2) is 23.2 Å². The molecule has 6 atom stereocenters. The van der Waals surface area contributed by atoms with E-state index in [1.54, 1.807) is 12.3 Å². The van der Waals surface area contributed by atoms with E-state index in [9.17, 15) is 33.0 Å². The highest BCUT2D eigenvalue weighted by Gasteiger charge is 2.48. The molecule has 4 aromatic heterocycles. The number of hydrogen-bond acceptors (Lipinski definition) is 14. The number of sulfone groups is 1. The Morgan fingerprint density at radius 3 is 2.77 bits per heavy atom. The minimum Gasteiger partial charge on any atom is -0.467 e. The lowest BCUT2D eigenvalue weighted by molar-refractivity contribution is -0.154. The van der Waals surface area contributed by atoms with Gasteiger partial charge in [0.2, 0.25) is 11.9 Å². The van der Waals surface area contributed by atoms with Crippen molar-refractivity contribution >= 4 is 55.5 Å². The predicted octanol–water partition coefficient (Wildman–Crippen LogP) is -1.25. The number of anilines is 2. The van der Waals surface area contributed by atoms with Gasteiger partial charge in [-0.05, 0) is 37.3 Å². The fourth-order valence-electron chi connectivity index (χ4n) is 6.41. The van der Waals surface area contributed by atoms with Crippen LogP contribution in [0.25, 0.3) is 22.2 Å². The molecule has 6 rings (SSSR count). The van der Waals surface area contributed by atoms with Gasteiger partial charge in [0, 0.05) is 25.4 Å². The number of aliphatic hydroxyl groups excluding tert-OH is 2. The normalized spacial score (nSPS) is 25.0. The Balaban J connectivity index is 1.10. The first-order chi connectivity index (χ1) is 22.4. The molecule has 2 saturated heterocycles. The average molecular weight is 674 g/mol. The van der Waals surface area contributed by atoms with Crippen molar-refractivity contribution in [2.24, 2.45) is 0 Å². The molecule has 8 N–H and O–H groups in total. The van der Waals surface area contributed by atoms with E-state index < -0.39 is 63.0 Å². The van der Waals surface area contributed by atoms with Crippen molar-refractivity contribution in [2.75, 3.05) is 30.9 Å². The zero-order valence-corrected chi connectivity index (χ0v) is 26.1. The summed E-state index contributed by atoms with van der Waals surface area (Å²) in [4.78, 5) is 57.5. The summed E-state index contributed by atoms with van der Waals surface area (Å²) in [5.41, 5.74) is 13.1. The van der Waals surface area contributed by atoms with E-state index in [0.29, 0.717) is 46.3 Å². The Bertz CT molecular complexity index is 1990. The predicted molar refractivity (Wildman–Crippen MR) is 166 cm³/mol. The molecule has 2 fully saturated rings. The fraction of sp³-hybridized carbons (Fsp3) is 0.500. The van der Waals surface area contributed by atoms with Gasteiger partial charge in [0.15, 0.2) is 21.7 Å². The first-order valence-corrected chi connectivity index (χ1v) is 16.6. The molecule has 4 aromatic rings. The van der Waals surface area contributed by atoms with Gasteiger partial charge in [-0.3, -0.25) is 19.1 Å². The number of esters is 1. The smallest absolute Gasteiger partial charge is 0.328 e. The maximum atomic E-state index is 13.6. The molecule has 0 spiro atoms. The van der Waals surface area contributed by atoms with Crippen molar-refractivity contribution in [1.29, 1.82) is 0 Å². The zero-order chi connectivity index (χ0) is 33.6. The van der Waals surface area contributed by atoms with Crippen molar-refractivity contribution in [1.82, 2.24) is 34.4 Å². The summed E-state index contributed by atoms with van der Waals surface area (Å²) in [7, 11) is -2.86. The van der Waals surface area contributed by atoms with E-state index in [-0.39, 0.29) is 37.7 Å². The minimum absolute atomic E-state index is 0.0219. The van der Waals surface area contributed by atoms with E-state index >= 15 is 0 Å². The Hall–Kier alpha value is -4.59. The molecule has 2 aliphatic rings. The van der Waals surface area contributed by atoms with E-state index in [0.717, 1.165) is 7.11 Å². The summed E-state index contributed by atoms with van der Waals surface area (Å²) < 4.78 is 39.4. The lowest BCUT2D eigenvalue weighted by Gasteiger charge is -2.38. The monoisotopic (exact) mass is 673 g/mol. The van der Waals surface area contributed by atoms with E-state index in [1.165, 1.54) is 22.0 Å². The lowest BCUT2D eigenvalue weighted by atomic mass is 10.00. The second-order valence-corrected chi connectivity index (χ2v) is 14.0. The largest absolute Gasteiger partial charge is 0.467 e. The third-order valence-corrected chi connectivity index (χ3v) is 11.1. The summed E-state index contributed by atoms with van der Waals surface area (Å²) in [6.07, 6.45) is -0.530. The second kappa shape index (κ2) is 12.5. The first-order valence-electron chi connectivity index (χ1n) is 14.9. The molecule has 0 aromatic carbocycles. The standard InChI is InChI=1S/C28H35N9O9S/c1-45-27(42)16-9-14(6-8-36(16)18(38)4-2-3-13-10-32-23-19(13)25(41)35-28(30)34-23)47(43,44)11-17-21(39)22(40)26(46-17)37-12-33-20-15(29)5-7-31-24(20)37/h5,7,10,12,14,16-17,21-22,26,39-40H,2-4,6,8-9,11H2,1H3,(H2,29,31)(H4,30,32,34,35,41)/t14?,16?,17-,21?,22+,26-/m1/s1. The van der Waals surface area contributed by atoms with Gasteiger partial charge in [-0.1, -0.05) is 0 Å². The van der Waals surface area contributed by atoms with Gasteiger partial charge >= 0.3 is 5.97 Å². The first kappa shape index (κ1) is 32.4. The number of nitrogens with two attached hydrogens (primary N) is 2. The number of likely N-dealkylation sites (tertiary alicyclic amines) is 1. The molecule has 0 bridgehead atoms. The maximum absolute atomic E-state index is 13.6. The van der Waals surface area contributed by atoms with Crippen molar-refractivity contribution in [3.05, 3.63) is 40.7 Å². The highest BCUT2D eigenvalue weighted by atomic mass is 32.2. The number of nitrogens with one attached hydrogen (secondary N) is 2. The number of aliphatic hydroxyl groups is 2. The summed E-state index contributed by atoms with van der Waals surface area (Å²) in [6, 6.07) is 0.408. The van der Waals surface area contributed by atoms with Crippen LogP contribution in [-0.4, -0.2) is 114 Å². The molecular formula is C28H35N9O9S. The number of H-pyrrole nitrogens is 2. The summed E-state index contributed by atoms with van der Waals surface area (Å²) >= 11 is 0. The van der Waals surface area contributed by atoms with Gasteiger partial charge in [-0.2, -0.15) is 4.98 Å². The maximum Gasteiger partial charge on any atom is 0.328 e. The SMILES string of the molecule is COC(=O)C1CC(S(=O)(=O)C[C@H]2O[C@@H](n3cnc4c(N)ccnc43)[C@@H](O)C2O)CCN1C(=O)CCCc1c[nH]c2nc(N)[nH]c(=O)c12. The number of imidazole rings is 1. The van der Waals surface area contributed by atoms with Crippen molar-refractivity contribution in [3.8, 4) is 0 Å². The van der Waals surface area contributed by atoms with Crippen molar-refractivity contribution in [3.63, 3.8) is 0 Å². The highest BCUT2D eigenvalue weighted by Crippen LogP contribution is 2.34. The number of hydrogen-bond donors (Lipinski definition) is 6. The van der Waals surface area contributed by atoms with Crippen LogP contribution < -0.4 is 17.0 Å². The lowest BCUT2D eigenvalue weighted by Crippen LogP contribution is -2.53. The minimum atomic E-state index is -4.02. The fourth-order valence-corrected chi connectivity index (χ4v) is 8.36. The number of nitrogens with zero attached hydrogens (tertiary/aromatic N) is 5. The van der Waals surface area contributed by atoms with Crippen LogP contribution in [0.2, 0.25) is 0 Å². The number of piperidine rings is 1. The van der Waals surface area contributed by atoms with Gasteiger partial charge in [0.1, 0.15) is 35.5 Å². The molecule has 6 heterocycles. The number of aromatic nitrogens is 6. The van der Waals surface area contributed by atoms with Gasteiger partial charge in [0.25, 0.3) is 5.56 Å². The highest BCUT2D eigenvalue weighted by molar-refractivity contribution is 7.92. The van der Waals surface area contributed by atoms with Crippen LogP contribution in [-0.2, 0) is 35.3 Å². The number of nitrogen functional groups attached to an aromatic ring is 2. The number of pyridine rings is 1. The molecule has 18 nitrogen and oxygen atoms in total. The van der Waals surface area contributed by atoms with Gasteiger partial charge < -0.3 is 41.0 Å². The van der Waals surface area contributed by atoms with Crippen molar-refractivity contribution < 1.29 is 37.7 Å². The Kier molecular flexibility index (Phi) is 8.64. The summed E-state index contributed by atoms with van der Waals surface area (Å²) in [5, 5.41) is 20.8. The number of amides is 1. The molecule has 0 aliphatic carbocycles. The van der Waals surface area contributed by atoms with Crippen LogP contribution in [0.3, 0.4) is 0 Å². The van der Waals surface area contributed by atoms with Crippen LogP contribution in [0.5, 0.6) is 0 Å². The van der Waals surface area contributed by atoms with Crippen LogP contribution in [0.4, 0.5) is 11.6 Å². The molecule has 3 unspecified atom stereocenters. The quantitative estimate of drug-likeness (QED) is 0.113. The summed E-state index contributed by atoms with van der Waals surface area (Å²) in [6.45, 7) is -0.0219. The Morgan fingerprint density at radius 2 is 2.00 bits per heavy atom. The van der Waals surface area contributed by atoms with Crippen molar-refractivity contribution in [2.45, 2.75) is 67.9 Å². The number of methoxy groups -OCH3 is 1. The Morgan fingerprint density at radius 1 is 1.21 bits per heavy atom. The number of aryl methyl sites for hydroxylation is 1. The number of ether oxygens (including phenoxy) is 2. The third kappa shape index (κ3) is 6.01. The topological polar surface area (TPSA) is 275 Å². The molecule has 1 amide bonds. The van der Waals surface area contributed by atoms with Gasteiger partial charge in [0.05, 0.1) is 35.5 Å². The molecule has 252 valence electrons. The second-order valence-electron chi connectivity index (χ2n) is 11.7. The number of aromatic amines is 2. The number of fused-ring (bicyclic) bond motifs is 2. The summed E-state index contributed by atoms with van der Waals surface area (Å²) in [5.74, 6) is -1.78. The Labute approximate surface area is 267 Å². The average Bonchev–Trinajstić information content (AvgIpc) is 3.73. The van der Waals surface area contributed by atoms with Crippen LogP contribution in [0.15, 0.2) is 29.6 Å². The van der Waals surface area contributed by atoms with E-state index in [4.69, 9.17) is 20.9 Å². The molecule has 0 radical (unpaired) electrons. The number of rotatable bonds is 9. The van der Waals surface area contributed by atoms with E-state index in [1.807, 2.05) is 0 Å². The molecule has 2 aliphatic heterocycles. The molecule has 19 heteroatoms. The van der Waals surface area contributed by atoms with E-state index in [2.05, 4.69) is 24.9 Å². The van der Waals surface area contributed by atoms with Crippen LogP contribution in [0, 0.1) is 0 Å². The van der Waals surface area contributed by atoms with Crippen LogP contribution >= 0.6 is 0 Å². The molecule has 47 heavy (non-hydrogen) atoms. The van der Waals surface area contributed by atoms with Gasteiger partial charge in [-0.15, -0.1) is 0 Å². The van der Waals surface area contributed by atoms with Crippen LogP contribution in [0.1, 0.15) is 37.5 Å². The zero-order valence-electron chi connectivity index (χ0n) is 25.3. The molecular weight excluding hydrogens is 638 g/mol. The number of carbonyl (C=O) groups excluding carboxylic acids is 2. The third-order valence-electron chi connectivity index (χ3n) is 8.83.